The molecule has 0 unspecified atom stereocenters. The molecule has 1 saturated heterocycles. The molecule has 8 heteroatoms. The first-order valence-electron chi connectivity index (χ1n) is 9.90. The number of carbonyl (C=O) groups is 2. The predicted octanol–water partition coefficient (Wildman–Crippen LogP) is 1.91. The fraction of sp³-hybridized carbons (Fsp3) is 0.273. The fourth-order valence-corrected chi connectivity index (χ4v) is 3.65. The van der Waals surface area contributed by atoms with E-state index in [2.05, 4.69) is 15.6 Å². The van der Waals surface area contributed by atoms with E-state index in [1.165, 1.54) is 0 Å². The molecule has 0 radical (unpaired) electrons. The van der Waals surface area contributed by atoms with Crippen LogP contribution in [0.5, 0.6) is 0 Å². The molecule has 2 N–H and O–H groups in total. The second-order valence-corrected chi connectivity index (χ2v) is 7.22. The van der Waals surface area contributed by atoms with E-state index in [0.717, 1.165) is 12.2 Å². The van der Waals surface area contributed by atoms with Gasteiger partial charge in [0, 0.05) is 36.6 Å². The number of fused-ring (bicyclic) bond motifs is 1. The Hall–Kier alpha value is -3.68. The standard InChI is InChI=1S/C22H23N5O3/c1-3-27-19-9-4-15(12-18(19)24-14(2)22(27)30)21(29)25-16-5-7-17(8-6-16)26-11-10-23-20(28)13-26/h4-9,12H,3,10-11,13H2,1-2H3,(H,23,28)(H,25,29). The average molecular weight is 405 g/mol. The molecule has 0 aliphatic carbocycles. The van der Waals surface area contributed by atoms with E-state index in [0.29, 0.717) is 47.6 Å². The van der Waals surface area contributed by atoms with Gasteiger partial charge in [0.15, 0.2) is 0 Å². The Kier molecular flexibility index (Phi) is 5.22. The van der Waals surface area contributed by atoms with Gasteiger partial charge in [0.25, 0.3) is 11.5 Å². The highest BCUT2D eigenvalue weighted by molar-refractivity contribution is 6.06. The van der Waals surface area contributed by atoms with Gasteiger partial charge >= 0.3 is 0 Å². The van der Waals surface area contributed by atoms with E-state index in [1.54, 1.807) is 29.7 Å². The average Bonchev–Trinajstić information content (AvgIpc) is 2.75. The summed E-state index contributed by atoms with van der Waals surface area (Å²) in [5.74, 6) is -0.247. The largest absolute Gasteiger partial charge is 0.360 e. The number of benzene rings is 2. The van der Waals surface area contributed by atoms with E-state index in [4.69, 9.17) is 0 Å². The van der Waals surface area contributed by atoms with Crippen molar-refractivity contribution in [2.45, 2.75) is 20.4 Å². The lowest BCUT2D eigenvalue weighted by Crippen LogP contribution is -2.47. The molecule has 0 spiro atoms. The van der Waals surface area contributed by atoms with Gasteiger partial charge in [0.05, 0.1) is 17.6 Å². The van der Waals surface area contributed by atoms with Crippen LogP contribution in [0, 0.1) is 6.92 Å². The predicted molar refractivity (Wildman–Crippen MR) is 116 cm³/mol. The first kappa shape index (κ1) is 19.6. The van der Waals surface area contributed by atoms with Gasteiger partial charge in [0.2, 0.25) is 5.91 Å². The molecular formula is C22H23N5O3. The third-order valence-corrected chi connectivity index (χ3v) is 5.22. The zero-order valence-corrected chi connectivity index (χ0v) is 16.9. The Morgan fingerprint density at radius 3 is 2.63 bits per heavy atom. The van der Waals surface area contributed by atoms with Crippen LogP contribution in [0.3, 0.4) is 0 Å². The topological polar surface area (TPSA) is 96.3 Å². The van der Waals surface area contributed by atoms with Crippen LogP contribution in [-0.2, 0) is 11.3 Å². The van der Waals surface area contributed by atoms with Crippen molar-refractivity contribution in [3.05, 3.63) is 64.1 Å². The molecule has 4 rings (SSSR count). The van der Waals surface area contributed by atoms with Crippen LogP contribution in [0.1, 0.15) is 23.0 Å². The maximum Gasteiger partial charge on any atom is 0.272 e. The fourth-order valence-electron chi connectivity index (χ4n) is 3.65. The molecule has 30 heavy (non-hydrogen) atoms. The number of aromatic nitrogens is 2. The van der Waals surface area contributed by atoms with Crippen LogP contribution in [0.4, 0.5) is 11.4 Å². The maximum absolute atomic E-state index is 12.7. The Morgan fingerprint density at radius 1 is 1.17 bits per heavy atom. The molecule has 1 fully saturated rings. The zero-order chi connectivity index (χ0) is 21.3. The Balaban J connectivity index is 1.53. The molecule has 1 aliphatic rings. The van der Waals surface area contributed by atoms with Crippen LogP contribution >= 0.6 is 0 Å². The number of nitrogens with one attached hydrogen (secondary N) is 2. The van der Waals surface area contributed by atoms with Crippen molar-refractivity contribution >= 4 is 34.2 Å². The van der Waals surface area contributed by atoms with Crippen molar-refractivity contribution < 1.29 is 9.59 Å². The summed E-state index contributed by atoms with van der Waals surface area (Å²) in [6, 6.07) is 12.6. The summed E-state index contributed by atoms with van der Waals surface area (Å²) >= 11 is 0. The minimum Gasteiger partial charge on any atom is -0.360 e. The number of aryl methyl sites for hydroxylation is 2. The van der Waals surface area contributed by atoms with Crippen LogP contribution in [0.25, 0.3) is 11.0 Å². The third kappa shape index (κ3) is 3.76. The summed E-state index contributed by atoms with van der Waals surface area (Å²) < 4.78 is 1.65. The van der Waals surface area contributed by atoms with Gasteiger partial charge in [-0.25, -0.2) is 4.98 Å². The second kappa shape index (κ2) is 7.98. The number of hydrogen-bond donors (Lipinski definition) is 2. The van der Waals surface area contributed by atoms with E-state index in [1.807, 2.05) is 36.1 Å². The molecule has 2 amide bonds. The van der Waals surface area contributed by atoms with E-state index < -0.39 is 0 Å². The Bertz CT molecular complexity index is 1180. The summed E-state index contributed by atoms with van der Waals surface area (Å²) in [6.45, 7) is 5.82. The normalized spacial score (nSPS) is 13.9. The lowest BCUT2D eigenvalue weighted by molar-refractivity contribution is -0.120. The van der Waals surface area contributed by atoms with Crippen molar-refractivity contribution in [3.63, 3.8) is 0 Å². The smallest absolute Gasteiger partial charge is 0.272 e. The Labute approximate surface area is 173 Å². The highest BCUT2D eigenvalue weighted by atomic mass is 16.2. The summed E-state index contributed by atoms with van der Waals surface area (Å²) in [4.78, 5) is 42.9. The summed E-state index contributed by atoms with van der Waals surface area (Å²) in [5.41, 5.74) is 3.67. The van der Waals surface area contributed by atoms with Crippen LogP contribution in [-0.4, -0.2) is 41.0 Å². The van der Waals surface area contributed by atoms with E-state index in [9.17, 15) is 14.4 Å². The van der Waals surface area contributed by atoms with Gasteiger partial charge in [-0.2, -0.15) is 0 Å². The number of piperazine rings is 1. The number of carbonyl (C=O) groups excluding carboxylic acids is 2. The number of rotatable bonds is 4. The van der Waals surface area contributed by atoms with Crippen LogP contribution in [0.2, 0.25) is 0 Å². The first-order valence-corrected chi connectivity index (χ1v) is 9.90. The van der Waals surface area contributed by atoms with Crippen molar-refractivity contribution in [3.8, 4) is 0 Å². The monoisotopic (exact) mass is 405 g/mol. The zero-order valence-electron chi connectivity index (χ0n) is 16.9. The number of nitrogens with zero attached hydrogens (tertiary/aromatic N) is 3. The highest BCUT2D eigenvalue weighted by Gasteiger charge is 2.16. The van der Waals surface area contributed by atoms with Gasteiger partial charge in [0.1, 0.15) is 5.69 Å². The molecule has 0 saturated carbocycles. The molecule has 3 aromatic rings. The summed E-state index contributed by atoms with van der Waals surface area (Å²) in [7, 11) is 0. The molecule has 0 atom stereocenters. The minimum absolute atomic E-state index is 0.00673. The number of amides is 2. The minimum atomic E-state index is -0.254. The van der Waals surface area contributed by atoms with E-state index in [-0.39, 0.29) is 17.4 Å². The molecule has 2 heterocycles. The van der Waals surface area contributed by atoms with Crippen molar-refractivity contribution in [2.75, 3.05) is 29.9 Å². The lowest BCUT2D eigenvalue weighted by atomic mass is 10.1. The molecule has 0 bridgehead atoms. The van der Waals surface area contributed by atoms with Gasteiger partial charge in [-0.05, 0) is 56.3 Å². The van der Waals surface area contributed by atoms with Gasteiger partial charge in [-0.1, -0.05) is 0 Å². The summed E-state index contributed by atoms with van der Waals surface area (Å²) in [6.07, 6.45) is 0. The van der Waals surface area contributed by atoms with Gasteiger partial charge in [-0.3, -0.25) is 14.4 Å². The quantitative estimate of drug-likeness (QED) is 0.691. The summed E-state index contributed by atoms with van der Waals surface area (Å²) in [5, 5.41) is 5.69. The molecule has 154 valence electrons. The SMILES string of the molecule is CCn1c(=O)c(C)nc2cc(C(=O)Nc3ccc(N4CCNC(=O)C4)cc3)ccc21. The van der Waals surface area contributed by atoms with Crippen molar-refractivity contribution in [2.24, 2.45) is 0 Å². The first-order chi connectivity index (χ1) is 14.5. The Morgan fingerprint density at radius 2 is 1.93 bits per heavy atom. The molecule has 8 nitrogen and oxygen atoms in total. The number of anilines is 2. The second-order valence-electron chi connectivity index (χ2n) is 7.22. The van der Waals surface area contributed by atoms with Crippen molar-refractivity contribution in [1.29, 1.82) is 0 Å². The molecule has 1 aromatic heterocycles. The van der Waals surface area contributed by atoms with Gasteiger partial charge < -0.3 is 20.1 Å². The molecule has 2 aromatic carbocycles. The number of hydrogen-bond acceptors (Lipinski definition) is 5. The van der Waals surface area contributed by atoms with Gasteiger partial charge in [-0.15, -0.1) is 0 Å². The van der Waals surface area contributed by atoms with E-state index >= 15 is 0 Å². The molecular weight excluding hydrogens is 382 g/mol. The third-order valence-electron chi connectivity index (χ3n) is 5.22. The molecule has 1 aliphatic heterocycles. The highest BCUT2D eigenvalue weighted by Crippen LogP contribution is 2.20. The maximum atomic E-state index is 12.7. The van der Waals surface area contributed by atoms with Crippen LogP contribution < -0.4 is 21.1 Å². The van der Waals surface area contributed by atoms with Crippen LogP contribution in [0.15, 0.2) is 47.3 Å². The lowest BCUT2D eigenvalue weighted by Gasteiger charge is -2.28. The van der Waals surface area contributed by atoms with Crippen molar-refractivity contribution in [1.82, 2.24) is 14.9 Å².